The molecule has 0 radical (unpaired) electrons. The van der Waals surface area contributed by atoms with E-state index in [1.54, 1.807) is 17.1 Å². The van der Waals surface area contributed by atoms with Crippen molar-refractivity contribution in [3.05, 3.63) is 48.0 Å². The summed E-state index contributed by atoms with van der Waals surface area (Å²) in [6, 6.07) is 7.19. The van der Waals surface area contributed by atoms with Crippen LogP contribution in [0.3, 0.4) is 0 Å². The van der Waals surface area contributed by atoms with E-state index in [0.717, 1.165) is 5.56 Å². The lowest BCUT2D eigenvalue weighted by atomic mass is 9.80. The first kappa shape index (κ1) is 44.2. The molecule has 54 heavy (non-hydrogen) atoms. The van der Waals surface area contributed by atoms with Crippen LogP contribution in [0.2, 0.25) is 0 Å². The maximum atomic E-state index is 14.2. The summed E-state index contributed by atoms with van der Waals surface area (Å²) in [7, 11) is 0. The van der Waals surface area contributed by atoms with E-state index in [1.807, 2.05) is 85.7 Å². The van der Waals surface area contributed by atoms with Gasteiger partial charge in [0.1, 0.15) is 18.2 Å². The van der Waals surface area contributed by atoms with Crippen molar-refractivity contribution in [2.75, 3.05) is 13.1 Å². The number of hydrogen-bond donors (Lipinski definition) is 6. The molecular weight excluding hydrogens is 692 g/mol. The Labute approximate surface area is 320 Å². The average Bonchev–Trinajstić information content (AvgIpc) is 3.56. The molecule has 1 aromatic rings. The van der Waals surface area contributed by atoms with Crippen molar-refractivity contribution in [2.45, 2.75) is 148 Å². The second-order valence-electron chi connectivity index (χ2n) is 16.7. The predicted molar refractivity (Wildman–Crippen MR) is 206 cm³/mol. The lowest BCUT2D eigenvalue weighted by Crippen LogP contribution is -2.60. The van der Waals surface area contributed by atoms with Crippen molar-refractivity contribution < 1.29 is 39.0 Å². The molecule has 4 atom stereocenters. The minimum absolute atomic E-state index is 0.172. The molecule has 1 aromatic carbocycles. The van der Waals surface area contributed by atoms with Crippen LogP contribution in [0, 0.1) is 11.8 Å². The molecule has 2 aliphatic heterocycles. The number of nitrogens with zero attached hydrogens (tertiary/aromatic N) is 2. The van der Waals surface area contributed by atoms with Gasteiger partial charge < -0.3 is 41.2 Å². The van der Waals surface area contributed by atoms with E-state index < -0.39 is 53.2 Å². The predicted octanol–water partition coefficient (Wildman–Crippen LogP) is 5.00. The third-order valence-corrected chi connectivity index (χ3v) is 9.94. The highest BCUT2D eigenvalue weighted by atomic mass is 16.6. The van der Waals surface area contributed by atoms with Crippen molar-refractivity contribution in [3.8, 4) is 0 Å². The van der Waals surface area contributed by atoms with Crippen molar-refractivity contribution in [1.82, 2.24) is 31.2 Å². The summed E-state index contributed by atoms with van der Waals surface area (Å²) >= 11 is 0. The Morgan fingerprint density at radius 3 is 2.19 bits per heavy atom. The summed E-state index contributed by atoms with van der Waals surface area (Å²) in [5.74, 6) is -1.46. The maximum absolute atomic E-state index is 14.2. The zero-order valence-corrected chi connectivity index (χ0v) is 33.4. The van der Waals surface area contributed by atoms with Gasteiger partial charge in [0.25, 0.3) is 0 Å². The Balaban J connectivity index is 1.68. The molecule has 2 heterocycles. The second kappa shape index (κ2) is 19.9. The summed E-state index contributed by atoms with van der Waals surface area (Å²) in [4.78, 5) is 67.1. The Morgan fingerprint density at radius 2 is 1.59 bits per heavy atom. The zero-order chi connectivity index (χ0) is 40.2. The Hall–Kier alpha value is -4.17. The number of amides is 5. The first-order chi connectivity index (χ1) is 25.3. The molecule has 3 unspecified atom stereocenters. The van der Waals surface area contributed by atoms with E-state index in [9.17, 15) is 34.3 Å². The first-order valence-electron chi connectivity index (χ1n) is 19.4. The molecule has 0 aliphatic carbocycles. The molecule has 14 heteroatoms. The van der Waals surface area contributed by atoms with Crippen LogP contribution in [-0.2, 0) is 25.5 Å². The van der Waals surface area contributed by atoms with Gasteiger partial charge in [0.15, 0.2) is 0 Å². The molecule has 0 spiro atoms. The van der Waals surface area contributed by atoms with E-state index in [4.69, 9.17) is 4.74 Å². The summed E-state index contributed by atoms with van der Waals surface area (Å²) in [5, 5.41) is 32.3. The van der Waals surface area contributed by atoms with Crippen LogP contribution in [0.1, 0.15) is 106 Å². The maximum Gasteiger partial charge on any atom is 0.407 e. The summed E-state index contributed by atoms with van der Waals surface area (Å²) in [6.45, 7) is 15.8. The van der Waals surface area contributed by atoms with Crippen LogP contribution in [0.4, 0.5) is 9.59 Å². The van der Waals surface area contributed by atoms with Crippen molar-refractivity contribution in [3.63, 3.8) is 0 Å². The Bertz CT molecular complexity index is 1430. The van der Waals surface area contributed by atoms with E-state index in [-0.39, 0.29) is 42.8 Å². The molecule has 2 aliphatic rings. The lowest BCUT2D eigenvalue weighted by Gasteiger charge is -2.50. The van der Waals surface area contributed by atoms with Crippen LogP contribution in [0.25, 0.3) is 0 Å². The van der Waals surface area contributed by atoms with Gasteiger partial charge in [-0.2, -0.15) is 5.06 Å². The van der Waals surface area contributed by atoms with Crippen LogP contribution in [0.5, 0.6) is 0 Å². The minimum atomic E-state index is -1.15. The molecule has 2 saturated heterocycles. The highest BCUT2D eigenvalue weighted by Crippen LogP contribution is 2.38. The smallest absolute Gasteiger partial charge is 0.407 e. The fourth-order valence-electron chi connectivity index (χ4n) is 7.62. The third kappa shape index (κ3) is 13.6. The molecule has 0 aromatic heterocycles. The second-order valence-corrected chi connectivity index (χ2v) is 16.7. The van der Waals surface area contributed by atoms with Crippen LogP contribution < -0.4 is 21.3 Å². The van der Waals surface area contributed by atoms with Crippen molar-refractivity contribution in [2.24, 2.45) is 11.8 Å². The van der Waals surface area contributed by atoms with Gasteiger partial charge in [-0.25, -0.2) is 9.59 Å². The summed E-state index contributed by atoms with van der Waals surface area (Å²) in [5.41, 5.74) is -0.216. The molecule has 0 saturated carbocycles. The average molecular weight is 757 g/mol. The number of alkyl carbamates (subject to hydrolysis) is 1. The summed E-state index contributed by atoms with van der Waals surface area (Å²) in [6.07, 6.45) is 4.89. The summed E-state index contributed by atoms with van der Waals surface area (Å²) < 4.78 is 5.70. The lowest BCUT2D eigenvalue weighted by molar-refractivity contribution is -0.256. The number of hydroxylamine groups is 2. The van der Waals surface area contributed by atoms with Gasteiger partial charge in [-0.1, -0.05) is 56.3 Å². The minimum Gasteiger partial charge on any atom is -0.465 e. The standard InChI is InChI=1S/C40H64N6O8/c1-26(2)22-30(43-37(50)51)19-18-29(23-28-14-10-9-11-15-28)36(49)45-21-13-17-33(45)35(48)44-32(34(47)42-27(3)4)16-12-20-41-38(52)54-31-24-39(5,6)46(53)40(7,8)25-31/h9-11,14-15,18-19,26-27,29-33,43,53H,12-13,16-17,20-25H2,1-8H3,(H,41,52)(H,42,47)(H,44,48)(H,50,51)/b19-18+/t29?,30?,32?,33-/m0/s1. The van der Waals surface area contributed by atoms with Crippen LogP contribution in [0.15, 0.2) is 42.5 Å². The highest BCUT2D eigenvalue weighted by molar-refractivity contribution is 5.93. The number of ether oxygens (including phenoxy) is 1. The van der Waals surface area contributed by atoms with Gasteiger partial charge in [-0.05, 0) is 91.5 Å². The molecule has 6 N–H and O–H groups in total. The topological polar surface area (TPSA) is 190 Å². The molecule has 0 bridgehead atoms. The van der Waals surface area contributed by atoms with Gasteiger partial charge in [0.05, 0.1) is 12.0 Å². The number of likely N-dealkylation sites (tertiary alicyclic amines) is 1. The van der Waals surface area contributed by atoms with Gasteiger partial charge in [0, 0.05) is 43.1 Å². The van der Waals surface area contributed by atoms with Crippen molar-refractivity contribution >= 4 is 29.9 Å². The molecule has 5 amide bonds. The molecule has 3 rings (SSSR count). The number of piperidine rings is 1. The molecule has 14 nitrogen and oxygen atoms in total. The number of carboxylic acid groups (broad SMARTS) is 1. The number of rotatable bonds is 17. The molecular formula is C40H64N6O8. The fourth-order valence-corrected chi connectivity index (χ4v) is 7.62. The van der Waals surface area contributed by atoms with E-state index in [1.165, 1.54) is 5.06 Å². The van der Waals surface area contributed by atoms with E-state index >= 15 is 0 Å². The largest absolute Gasteiger partial charge is 0.465 e. The number of hydrogen-bond acceptors (Lipinski definition) is 8. The van der Waals surface area contributed by atoms with Crippen molar-refractivity contribution in [1.29, 1.82) is 0 Å². The first-order valence-corrected chi connectivity index (χ1v) is 19.4. The molecule has 302 valence electrons. The van der Waals surface area contributed by atoms with Gasteiger partial charge in [0.2, 0.25) is 17.7 Å². The van der Waals surface area contributed by atoms with E-state index in [2.05, 4.69) is 21.3 Å². The Morgan fingerprint density at radius 1 is 0.944 bits per heavy atom. The number of nitrogens with one attached hydrogen (secondary N) is 4. The number of carbonyl (C=O) groups excluding carboxylic acids is 4. The van der Waals surface area contributed by atoms with Crippen LogP contribution in [-0.4, -0.2) is 105 Å². The van der Waals surface area contributed by atoms with Gasteiger partial charge >= 0.3 is 12.2 Å². The number of benzene rings is 1. The fraction of sp³-hybridized carbons (Fsp3) is 0.675. The zero-order valence-electron chi connectivity index (χ0n) is 33.4. The molecule has 2 fully saturated rings. The van der Waals surface area contributed by atoms with Gasteiger partial charge in [-0.3, -0.25) is 14.4 Å². The van der Waals surface area contributed by atoms with Gasteiger partial charge in [-0.15, -0.1) is 0 Å². The highest BCUT2D eigenvalue weighted by Gasteiger charge is 2.46. The monoisotopic (exact) mass is 756 g/mol. The normalized spacial score (nSPS) is 20.4. The van der Waals surface area contributed by atoms with Crippen LogP contribution >= 0.6 is 0 Å². The SMILES string of the molecule is CC(C)CC(/C=C/C(Cc1ccccc1)C(=O)N1CCC[C@H]1C(=O)NC(CCCNC(=O)OC1CC(C)(C)N(O)C(C)(C)C1)C(=O)NC(C)C)NC(=O)O. The van der Waals surface area contributed by atoms with E-state index in [0.29, 0.717) is 51.5 Å². The Kier molecular flexibility index (Phi) is 16.3. The quantitative estimate of drug-likeness (QED) is 0.0939. The number of carbonyl (C=O) groups is 5. The third-order valence-electron chi connectivity index (χ3n) is 9.94.